The number of benzene rings is 11. The third-order valence-corrected chi connectivity index (χ3v) is 14.6. The summed E-state index contributed by atoms with van der Waals surface area (Å²) >= 11 is 1.87. The van der Waals surface area contributed by atoms with Gasteiger partial charge in [0.05, 0.1) is 22.1 Å². The molecule has 0 unspecified atom stereocenters. The van der Waals surface area contributed by atoms with Gasteiger partial charge in [-0.3, -0.25) is 0 Å². The van der Waals surface area contributed by atoms with Gasteiger partial charge in [-0.25, -0.2) is 0 Å². The van der Waals surface area contributed by atoms with E-state index < -0.39 is 0 Å². The Balaban J connectivity index is 0.891. The Morgan fingerprint density at radius 2 is 0.635 bits per heavy atom. The summed E-state index contributed by atoms with van der Waals surface area (Å²) in [5.41, 5.74) is 12.0. The Labute approximate surface area is 366 Å². The van der Waals surface area contributed by atoms with Gasteiger partial charge in [0.1, 0.15) is 0 Å². The zero-order valence-electron chi connectivity index (χ0n) is 34.1. The predicted molar refractivity (Wildman–Crippen MR) is 271 cm³/mol. The first-order valence-corrected chi connectivity index (χ1v) is 22.5. The van der Waals surface area contributed by atoms with Gasteiger partial charge in [-0.2, -0.15) is 0 Å². The summed E-state index contributed by atoms with van der Waals surface area (Å²) in [6.07, 6.45) is 0. The quantitative estimate of drug-likeness (QED) is 0.157. The van der Waals surface area contributed by atoms with Crippen LogP contribution >= 0.6 is 11.3 Å². The van der Waals surface area contributed by atoms with Gasteiger partial charge in [-0.15, -0.1) is 11.3 Å². The summed E-state index contributed by atoms with van der Waals surface area (Å²) in [5, 5.41) is 15.4. The minimum atomic E-state index is 1.15. The van der Waals surface area contributed by atoms with E-state index in [2.05, 4.69) is 228 Å². The van der Waals surface area contributed by atoms with Gasteiger partial charge in [0.15, 0.2) is 0 Å². The van der Waals surface area contributed by atoms with Crippen LogP contribution in [0, 0.1) is 0 Å². The van der Waals surface area contributed by atoms with Crippen LogP contribution in [-0.2, 0) is 0 Å². The Bertz CT molecular complexity index is 4180. The van der Waals surface area contributed by atoms with Crippen LogP contribution in [0.2, 0.25) is 0 Å². The first kappa shape index (κ1) is 34.7. The van der Waals surface area contributed by atoms with E-state index in [1.165, 1.54) is 124 Å². The van der Waals surface area contributed by atoms with E-state index in [4.69, 9.17) is 0 Å². The smallest absolute Gasteiger partial charge is 0.0541 e. The number of fused-ring (bicyclic) bond motifs is 15. The zero-order valence-corrected chi connectivity index (χ0v) is 34.9. The second-order valence-corrected chi connectivity index (χ2v) is 17.9. The van der Waals surface area contributed by atoms with Gasteiger partial charge in [0, 0.05) is 53.1 Å². The molecule has 292 valence electrons. The molecule has 0 radical (unpaired) electrons. The Morgan fingerprint density at radius 3 is 1.25 bits per heavy atom. The highest BCUT2D eigenvalue weighted by Gasteiger charge is 2.18. The Morgan fingerprint density at radius 1 is 0.222 bits per heavy atom. The molecule has 0 saturated heterocycles. The molecule has 0 amide bonds. The number of hydrogen-bond acceptors (Lipinski definition) is 1. The summed E-state index contributed by atoms with van der Waals surface area (Å²) in [7, 11) is 0. The van der Waals surface area contributed by atoms with E-state index in [0.717, 1.165) is 5.69 Å². The van der Waals surface area contributed by atoms with Crippen LogP contribution in [-0.4, -0.2) is 9.13 Å². The van der Waals surface area contributed by atoms with Crippen molar-refractivity contribution >= 4 is 107 Å². The third kappa shape index (κ3) is 5.12. The monoisotopic (exact) mass is 816 g/mol. The summed E-state index contributed by atoms with van der Waals surface area (Å²) in [5.74, 6) is 0. The van der Waals surface area contributed by atoms with Crippen molar-refractivity contribution in [3.05, 3.63) is 218 Å². The van der Waals surface area contributed by atoms with Crippen molar-refractivity contribution in [3.8, 4) is 33.6 Å². The molecule has 0 aliphatic heterocycles. The van der Waals surface area contributed by atoms with Crippen LogP contribution in [0.5, 0.6) is 0 Å². The van der Waals surface area contributed by atoms with Gasteiger partial charge in [0.2, 0.25) is 0 Å². The van der Waals surface area contributed by atoms with Gasteiger partial charge >= 0.3 is 0 Å². The molecule has 0 bridgehead atoms. The number of para-hydroxylation sites is 2. The van der Waals surface area contributed by atoms with Gasteiger partial charge in [-0.05, 0) is 127 Å². The highest BCUT2D eigenvalue weighted by Crippen LogP contribution is 2.42. The van der Waals surface area contributed by atoms with Crippen molar-refractivity contribution < 1.29 is 0 Å². The molecule has 63 heavy (non-hydrogen) atoms. The van der Waals surface area contributed by atoms with Crippen molar-refractivity contribution in [2.24, 2.45) is 0 Å². The average Bonchev–Trinajstić information content (AvgIpc) is 4.01. The van der Waals surface area contributed by atoms with E-state index in [1.807, 2.05) is 11.3 Å². The molecule has 3 heterocycles. The minimum absolute atomic E-state index is 1.15. The molecular weight excluding hydrogens is 781 g/mol. The lowest BCUT2D eigenvalue weighted by Crippen LogP contribution is -1.94. The Kier molecular flexibility index (Phi) is 7.30. The standard InChI is InChI=1S/C60H36N2S/c1-2-16-45-43(14-1)44-15-3-4-17-46(44)52-33-38(24-28-47(45)52)37-12-11-13-41(32-37)61-55-21-8-5-18-48(55)53-34-39(25-30-57(53)61)40-26-31-58-54(35-40)49-19-6-9-22-56(49)62(58)42-27-29-51-50-20-7-10-23-59(50)63-60(51)36-42/h1-36H. The highest BCUT2D eigenvalue weighted by molar-refractivity contribution is 7.25. The Hall–Kier alpha value is -7.98. The fourth-order valence-corrected chi connectivity index (χ4v) is 11.8. The molecule has 14 rings (SSSR count). The molecule has 0 spiro atoms. The molecule has 2 nitrogen and oxygen atoms in total. The number of thiophene rings is 1. The van der Waals surface area contributed by atoms with Crippen LogP contribution in [0.25, 0.3) is 130 Å². The molecule has 0 fully saturated rings. The SMILES string of the molecule is c1cc(-c2ccc3c4ccccc4c4ccccc4c3c2)cc(-n2c3ccccc3c3cc(-c4ccc5c(c4)c4ccccc4n5-c4ccc5c(c4)sc4ccccc45)ccc32)c1. The van der Waals surface area contributed by atoms with Crippen molar-refractivity contribution in [2.75, 3.05) is 0 Å². The maximum absolute atomic E-state index is 2.44. The lowest BCUT2D eigenvalue weighted by atomic mass is 9.92. The topological polar surface area (TPSA) is 9.86 Å². The molecule has 0 N–H and O–H groups in total. The lowest BCUT2D eigenvalue weighted by molar-refractivity contribution is 1.18. The van der Waals surface area contributed by atoms with Gasteiger partial charge in [0.25, 0.3) is 0 Å². The first-order valence-electron chi connectivity index (χ1n) is 21.7. The van der Waals surface area contributed by atoms with Crippen molar-refractivity contribution in [1.29, 1.82) is 0 Å². The number of rotatable bonds is 4. The first-order chi connectivity index (χ1) is 31.2. The molecule has 3 heteroatoms. The molecule has 0 saturated carbocycles. The van der Waals surface area contributed by atoms with Crippen molar-refractivity contribution in [2.45, 2.75) is 0 Å². The van der Waals surface area contributed by atoms with Crippen molar-refractivity contribution in [3.63, 3.8) is 0 Å². The maximum atomic E-state index is 2.44. The molecule has 14 aromatic rings. The number of aromatic nitrogens is 2. The number of nitrogens with zero attached hydrogens (tertiary/aromatic N) is 2. The van der Waals surface area contributed by atoms with Crippen LogP contribution in [0.15, 0.2) is 218 Å². The molecule has 0 atom stereocenters. The van der Waals surface area contributed by atoms with Crippen LogP contribution in [0.4, 0.5) is 0 Å². The third-order valence-electron chi connectivity index (χ3n) is 13.5. The van der Waals surface area contributed by atoms with Crippen LogP contribution in [0.3, 0.4) is 0 Å². The van der Waals surface area contributed by atoms with Gasteiger partial charge < -0.3 is 9.13 Å². The van der Waals surface area contributed by atoms with Crippen LogP contribution < -0.4 is 0 Å². The fraction of sp³-hybridized carbons (Fsp3) is 0. The van der Waals surface area contributed by atoms with E-state index >= 15 is 0 Å². The zero-order chi connectivity index (χ0) is 41.2. The lowest BCUT2D eigenvalue weighted by Gasteiger charge is -2.13. The molecular formula is C60H36N2S. The van der Waals surface area contributed by atoms with Crippen molar-refractivity contribution in [1.82, 2.24) is 9.13 Å². The molecule has 11 aromatic carbocycles. The highest BCUT2D eigenvalue weighted by atomic mass is 32.1. The van der Waals surface area contributed by atoms with Gasteiger partial charge in [-0.1, -0.05) is 146 Å². The van der Waals surface area contributed by atoms with E-state index in [-0.39, 0.29) is 0 Å². The minimum Gasteiger partial charge on any atom is -0.309 e. The summed E-state index contributed by atoms with van der Waals surface area (Å²) in [6, 6.07) is 81.0. The maximum Gasteiger partial charge on any atom is 0.0541 e. The number of hydrogen-bond donors (Lipinski definition) is 0. The molecule has 3 aromatic heterocycles. The summed E-state index contributed by atoms with van der Waals surface area (Å²) in [4.78, 5) is 0. The second-order valence-electron chi connectivity index (χ2n) is 16.8. The average molecular weight is 817 g/mol. The van der Waals surface area contributed by atoms with Crippen LogP contribution in [0.1, 0.15) is 0 Å². The largest absolute Gasteiger partial charge is 0.309 e. The molecule has 0 aliphatic rings. The van der Waals surface area contributed by atoms with E-state index in [9.17, 15) is 0 Å². The fourth-order valence-electron chi connectivity index (χ4n) is 10.6. The normalized spacial score (nSPS) is 12.1. The second kappa shape index (κ2) is 13.3. The van der Waals surface area contributed by atoms with E-state index in [0.29, 0.717) is 0 Å². The summed E-state index contributed by atoms with van der Waals surface area (Å²) in [6.45, 7) is 0. The summed E-state index contributed by atoms with van der Waals surface area (Å²) < 4.78 is 7.51. The molecule has 0 aliphatic carbocycles. The van der Waals surface area contributed by atoms with E-state index in [1.54, 1.807) is 0 Å². The predicted octanol–water partition coefficient (Wildman–Crippen LogP) is 17.0.